The van der Waals surface area contributed by atoms with Gasteiger partial charge >= 0.3 is 0 Å². The van der Waals surface area contributed by atoms with Crippen LogP contribution in [0.5, 0.6) is 0 Å². The Balaban J connectivity index is 2.45. The van der Waals surface area contributed by atoms with E-state index in [1.807, 2.05) is 13.2 Å². The van der Waals surface area contributed by atoms with Gasteiger partial charge in [0.2, 0.25) is 0 Å². The monoisotopic (exact) mass is 278 g/mol. The molecule has 2 rings (SSSR count). The predicted octanol–water partition coefficient (Wildman–Crippen LogP) is 2.78. The Kier molecular flexibility index (Phi) is 4.37. The first-order valence-electron chi connectivity index (χ1n) is 6.05. The summed E-state index contributed by atoms with van der Waals surface area (Å²) in [7, 11) is 0. The van der Waals surface area contributed by atoms with E-state index in [9.17, 15) is 9.18 Å². The van der Waals surface area contributed by atoms with E-state index >= 15 is 0 Å². The number of aromatic amines is 1. The van der Waals surface area contributed by atoms with Crippen LogP contribution >= 0.6 is 11.8 Å². The van der Waals surface area contributed by atoms with Gasteiger partial charge in [0.05, 0.1) is 5.69 Å². The Bertz CT molecular complexity index is 640. The normalized spacial score (nSPS) is 10.7. The van der Waals surface area contributed by atoms with Gasteiger partial charge in [0.25, 0.3) is 5.56 Å². The lowest BCUT2D eigenvalue weighted by atomic mass is 10.0. The second kappa shape index (κ2) is 6.02. The van der Waals surface area contributed by atoms with Crippen molar-refractivity contribution in [1.82, 2.24) is 9.97 Å². The highest BCUT2D eigenvalue weighted by Crippen LogP contribution is 2.15. The fourth-order valence-corrected chi connectivity index (χ4v) is 2.32. The highest BCUT2D eigenvalue weighted by molar-refractivity contribution is 7.98. The fourth-order valence-electron chi connectivity index (χ4n) is 1.93. The van der Waals surface area contributed by atoms with Gasteiger partial charge in [-0.2, -0.15) is 0 Å². The van der Waals surface area contributed by atoms with Crippen molar-refractivity contribution in [3.05, 3.63) is 57.3 Å². The van der Waals surface area contributed by atoms with Gasteiger partial charge in [-0.15, -0.1) is 0 Å². The van der Waals surface area contributed by atoms with Gasteiger partial charge in [-0.1, -0.05) is 36.9 Å². The lowest BCUT2D eigenvalue weighted by Crippen LogP contribution is -2.19. The molecule has 5 heteroatoms. The van der Waals surface area contributed by atoms with E-state index < -0.39 is 0 Å². The minimum Gasteiger partial charge on any atom is -0.301 e. The van der Waals surface area contributed by atoms with Crippen molar-refractivity contribution in [2.24, 2.45) is 0 Å². The third kappa shape index (κ3) is 3.04. The molecule has 0 amide bonds. The Labute approximate surface area is 115 Å². The highest BCUT2D eigenvalue weighted by Gasteiger charge is 2.12. The molecule has 0 atom stereocenters. The number of halogens is 1. The van der Waals surface area contributed by atoms with Gasteiger partial charge < -0.3 is 4.98 Å². The second-order valence-corrected chi connectivity index (χ2v) is 4.92. The molecule has 2 aromatic rings. The van der Waals surface area contributed by atoms with Crippen LogP contribution in [0.4, 0.5) is 4.39 Å². The molecule has 0 aliphatic rings. The van der Waals surface area contributed by atoms with Crippen molar-refractivity contribution >= 4 is 11.8 Å². The summed E-state index contributed by atoms with van der Waals surface area (Å²) >= 11 is 1.39. The van der Waals surface area contributed by atoms with Crippen molar-refractivity contribution in [1.29, 1.82) is 0 Å². The molecule has 0 spiro atoms. The number of aromatic nitrogens is 2. The molecule has 0 bridgehead atoms. The first-order valence-corrected chi connectivity index (χ1v) is 7.27. The third-order valence-corrected chi connectivity index (χ3v) is 3.51. The average Bonchev–Trinajstić information content (AvgIpc) is 2.42. The minimum absolute atomic E-state index is 0.181. The number of nitrogens with zero attached hydrogens (tertiary/aromatic N) is 1. The minimum atomic E-state index is -0.294. The van der Waals surface area contributed by atoms with E-state index in [1.165, 1.54) is 17.8 Å². The highest BCUT2D eigenvalue weighted by atomic mass is 32.2. The molecule has 0 aliphatic carbocycles. The van der Waals surface area contributed by atoms with E-state index in [-0.39, 0.29) is 17.8 Å². The molecule has 0 saturated heterocycles. The van der Waals surface area contributed by atoms with Gasteiger partial charge in [0.15, 0.2) is 5.16 Å². The Hall–Kier alpha value is -1.62. The number of nitrogens with one attached hydrogen (secondary N) is 1. The van der Waals surface area contributed by atoms with Crippen molar-refractivity contribution in [3.8, 4) is 0 Å². The summed E-state index contributed by atoms with van der Waals surface area (Å²) in [6.45, 7) is 1.94. The largest absolute Gasteiger partial charge is 0.301 e. The molecular weight excluding hydrogens is 263 g/mol. The Morgan fingerprint density at radius 1 is 1.37 bits per heavy atom. The Morgan fingerprint density at radius 2 is 2.11 bits per heavy atom. The molecule has 1 aromatic carbocycles. The summed E-state index contributed by atoms with van der Waals surface area (Å²) in [6.07, 6.45) is 2.78. The zero-order valence-electron chi connectivity index (χ0n) is 10.9. The van der Waals surface area contributed by atoms with E-state index in [0.29, 0.717) is 22.7 Å². The van der Waals surface area contributed by atoms with Crippen LogP contribution in [0.15, 0.2) is 34.2 Å². The van der Waals surface area contributed by atoms with Crippen LogP contribution in [-0.2, 0) is 12.8 Å². The van der Waals surface area contributed by atoms with Crippen molar-refractivity contribution in [3.63, 3.8) is 0 Å². The molecule has 3 nitrogen and oxygen atoms in total. The lowest BCUT2D eigenvalue weighted by Gasteiger charge is -2.08. The summed E-state index contributed by atoms with van der Waals surface area (Å²) < 4.78 is 13.7. The molecule has 1 N–H and O–H groups in total. The molecule has 0 fully saturated rings. The summed E-state index contributed by atoms with van der Waals surface area (Å²) in [6, 6.07) is 6.50. The van der Waals surface area contributed by atoms with Crippen LogP contribution in [0.25, 0.3) is 0 Å². The van der Waals surface area contributed by atoms with Crippen LogP contribution in [0.2, 0.25) is 0 Å². The SMILES string of the molecule is CCc1nc(SC)[nH]c(=O)c1Cc1ccccc1F. The van der Waals surface area contributed by atoms with Gasteiger partial charge in [-0.25, -0.2) is 9.37 Å². The Morgan fingerprint density at radius 3 is 2.74 bits per heavy atom. The molecule has 100 valence electrons. The summed E-state index contributed by atoms with van der Waals surface area (Å²) in [5, 5.41) is 0.596. The van der Waals surface area contributed by atoms with Crippen LogP contribution < -0.4 is 5.56 Å². The van der Waals surface area contributed by atoms with Gasteiger partial charge in [0, 0.05) is 12.0 Å². The van der Waals surface area contributed by atoms with E-state index in [1.54, 1.807) is 18.2 Å². The number of thioether (sulfide) groups is 1. The van der Waals surface area contributed by atoms with Crippen LogP contribution in [0.1, 0.15) is 23.7 Å². The predicted molar refractivity (Wildman–Crippen MR) is 75.2 cm³/mol. The number of H-pyrrole nitrogens is 1. The quantitative estimate of drug-likeness (QED) is 0.691. The molecule has 0 unspecified atom stereocenters. The van der Waals surface area contributed by atoms with Crippen LogP contribution in [0, 0.1) is 5.82 Å². The first kappa shape index (κ1) is 13.8. The number of rotatable bonds is 4. The van der Waals surface area contributed by atoms with Gasteiger partial charge in [-0.05, 0) is 24.3 Å². The van der Waals surface area contributed by atoms with Crippen LogP contribution in [0.3, 0.4) is 0 Å². The topological polar surface area (TPSA) is 45.8 Å². The molecule has 0 aliphatic heterocycles. The average molecular weight is 278 g/mol. The smallest absolute Gasteiger partial charge is 0.255 e. The molecular formula is C14H15FN2OS. The maximum atomic E-state index is 13.7. The first-order chi connectivity index (χ1) is 9.15. The summed E-state index contributed by atoms with van der Waals surface area (Å²) in [5.41, 5.74) is 1.61. The maximum Gasteiger partial charge on any atom is 0.255 e. The standard InChI is InChI=1S/C14H15FN2OS/c1-3-12-10(13(18)17-14(16-12)19-2)8-9-6-4-5-7-11(9)15/h4-7H,3,8H2,1-2H3,(H,16,17,18). The zero-order chi connectivity index (χ0) is 13.8. The molecule has 0 radical (unpaired) electrons. The number of hydrogen-bond donors (Lipinski definition) is 1. The van der Waals surface area contributed by atoms with Gasteiger partial charge in [0.1, 0.15) is 5.82 Å². The fraction of sp³-hybridized carbons (Fsp3) is 0.286. The molecule has 1 heterocycles. The van der Waals surface area contributed by atoms with Crippen LogP contribution in [-0.4, -0.2) is 16.2 Å². The van der Waals surface area contributed by atoms with Crippen molar-refractivity contribution in [2.75, 3.05) is 6.26 Å². The molecule has 1 aromatic heterocycles. The third-order valence-electron chi connectivity index (χ3n) is 2.93. The number of aryl methyl sites for hydroxylation is 1. The van der Waals surface area contributed by atoms with E-state index in [2.05, 4.69) is 9.97 Å². The number of benzene rings is 1. The summed E-state index contributed by atoms with van der Waals surface area (Å²) in [4.78, 5) is 19.2. The molecule has 0 saturated carbocycles. The summed E-state index contributed by atoms with van der Waals surface area (Å²) in [5.74, 6) is -0.294. The molecule has 19 heavy (non-hydrogen) atoms. The van der Waals surface area contributed by atoms with Crippen molar-refractivity contribution < 1.29 is 4.39 Å². The van der Waals surface area contributed by atoms with Crippen molar-refractivity contribution in [2.45, 2.75) is 24.9 Å². The van der Waals surface area contributed by atoms with Gasteiger partial charge in [-0.3, -0.25) is 4.79 Å². The van der Waals surface area contributed by atoms with E-state index in [0.717, 1.165) is 5.69 Å². The second-order valence-electron chi connectivity index (χ2n) is 4.12. The zero-order valence-corrected chi connectivity index (χ0v) is 11.7. The maximum absolute atomic E-state index is 13.7. The number of hydrogen-bond acceptors (Lipinski definition) is 3. The lowest BCUT2D eigenvalue weighted by molar-refractivity contribution is 0.613. The van der Waals surface area contributed by atoms with E-state index in [4.69, 9.17) is 0 Å².